The van der Waals surface area contributed by atoms with Gasteiger partial charge in [0.2, 0.25) is 5.91 Å². The van der Waals surface area contributed by atoms with Gasteiger partial charge in [-0.1, -0.05) is 6.07 Å². The number of amides is 2. The molecule has 2 fully saturated rings. The molecule has 0 N–H and O–H groups in total. The van der Waals surface area contributed by atoms with Crippen molar-refractivity contribution in [2.24, 2.45) is 0 Å². The number of aromatic nitrogens is 2. The van der Waals surface area contributed by atoms with Crippen LogP contribution in [0, 0.1) is 0 Å². The molecule has 4 rings (SSSR count). The largest absolute Gasteiger partial charge is 0.497 e. The molecule has 0 aliphatic carbocycles. The van der Waals surface area contributed by atoms with Gasteiger partial charge in [0.25, 0.3) is 5.91 Å². The van der Waals surface area contributed by atoms with E-state index in [1.165, 1.54) is 6.20 Å². The number of ether oxygens (including phenoxy) is 1. The summed E-state index contributed by atoms with van der Waals surface area (Å²) in [6.45, 7) is 2.86. The summed E-state index contributed by atoms with van der Waals surface area (Å²) in [4.78, 5) is 39.4. The summed E-state index contributed by atoms with van der Waals surface area (Å²) in [6.07, 6.45) is 5.16. The first-order chi connectivity index (χ1) is 13.7. The van der Waals surface area contributed by atoms with Gasteiger partial charge in [-0.15, -0.1) is 0 Å². The first kappa shape index (κ1) is 18.2. The number of carbonyl (C=O) groups excluding carboxylic acids is 2. The first-order valence-corrected chi connectivity index (χ1v) is 9.46. The fraction of sp³-hybridized carbons (Fsp3) is 0.400. The number of methoxy groups -OCH3 is 1. The number of carbonyl (C=O) groups is 2. The molecule has 2 aliphatic rings. The number of likely N-dealkylation sites (tertiary alicyclic amines) is 1. The number of hydrogen-bond acceptors (Lipinski definition) is 6. The Hall–Kier alpha value is -3.16. The first-order valence-electron chi connectivity index (χ1n) is 9.46. The fourth-order valence-corrected chi connectivity index (χ4v) is 3.61. The van der Waals surface area contributed by atoms with Crippen LogP contribution in [0.3, 0.4) is 0 Å². The molecule has 3 heterocycles. The zero-order valence-corrected chi connectivity index (χ0v) is 15.9. The SMILES string of the molecule is COc1cccc(N2CCN(c3cncc(C(=O)N4CCCC4)n3)CC2=O)c1. The molecule has 28 heavy (non-hydrogen) atoms. The van der Waals surface area contributed by atoms with Gasteiger partial charge >= 0.3 is 0 Å². The number of piperazine rings is 1. The number of anilines is 2. The van der Waals surface area contributed by atoms with Crippen molar-refractivity contribution >= 4 is 23.3 Å². The van der Waals surface area contributed by atoms with E-state index in [0.717, 1.165) is 31.6 Å². The van der Waals surface area contributed by atoms with Crippen LogP contribution in [0.5, 0.6) is 5.75 Å². The van der Waals surface area contributed by atoms with Gasteiger partial charge in [0.05, 0.1) is 26.0 Å². The third kappa shape index (κ3) is 3.62. The van der Waals surface area contributed by atoms with Crippen molar-refractivity contribution in [1.29, 1.82) is 0 Å². The highest BCUT2D eigenvalue weighted by Crippen LogP contribution is 2.24. The Bertz CT molecular complexity index is 882. The quantitative estimate of drug-likeness (QED) is 0.800. The second-order valence-corrected chi connectivity index (χ2v) is 6.93. The van der Waals surface area contributed by atoms with E-state index in [4.69, 9.17) is 4.74 Å². The highest BCUT2D eigenvalue weighted by atomic mass is 16.5. The van der Waals surface area contributed by atoms with E-state index >= 15 is 0 Å². The van der Waals surface area contributed by atoms with Crippen LogP contribution >= 0.6 is 0 Å². The molecule has 2 saturated heterocycles. The zero-order valence-electron chi connectivity index (χ0n) is 15.9. The van der Waals surface area contributed by atoms with E-state index in [0.29, 0.717) is 30.4 Å². The molecule has 2 amide bonds. The summed E-state index contributed by atoms with van der Waals surface area (Å²) in [6, 6.07) is 7.46. The molecule has 0 bridgehead atoms. The van der Waals surface area contributed by atoms with E-state index in [2.05, 4.69) is 9.97 Å². The van der Waals surface area contributed by atoms with Crippen molar-refractivity contribution in [1.82, 2.24) is 14.9 Å². The monoisotopic (exact) mass is 381 g/mol. The predicted molar refractivity (Wildman–Crippen MR) is 105 cm³/mol. The Balaban J connectivity index is 1.47. The molecule has 0 spiro atoms. The van der Waals surface area contributed by atoms with E-state index in [1.54, 1.807) is 23.1 Å². The van der Waals surface area contributed by atoms with Crippen LogP contribution in [0.2, 0.25) is 0 Å². The molecule has 1 aromatic heterocycles. The van der Waals surface area contributed by atoms with Crippen molar-refractivity contribution in [2.75, 3.05) is 49.6 Å². The molecule has 1 aromatic carbocycles. The van der Waals surface area contributed by atoms with Crippen LogP contribution in [-0.4, -0.2) is 66.5 Å². The molecular formula is C20H23N5O3. The average molecular weight is 381 g/mol. The van der Waals surface area contributed by atoms with Gasteiger partial charge in [-0.05, 0) is 25.0 Å². The van der Waals surface area contributed by atoms with E-state index < -0.39 is 0 Å². The maximum absolute atomic E-state index is 12.7. The summed E-state index contributed by atoms with van der Waals surface area (Å²) in [7, 11) is 1.61. The van der Waals surface area contributed by atoms with E-state index in [-0.39, 0.29) is 18.4 Å². The molecule has 8 nitrogen and oxygen atoms in total. The van der Waals surface area contributed by atoms with Gasteiger partial charge in [0.1, 0.15) is 17.3 Å². The molecule has 2 aromatic rings. The fourth-order valence-electron chi connectivity index (χ4n) is 3.61. The van der Waals surface area contributed by atoms with Crippen molar-refractivity contribution < 1.29 is 14.3 Å². The standard InChI is InChI=1S/C20H23N5O3/c1-28-16-6-4-5-15(11-16)25-10-9-24(14-19(25)26)18-13-21-12-17(22-18)20(27)23-7-2-3-8-23/h4-6,11-13H,2-3,7-10,14H2,1H3. The van der Waals surface area contributed by atoms with E-state index in [1.807, 2.05) is 29.2 Å². The number of rotatable bonds is 4. The third-order valence-corrected chi connectivity index (χ3v) is 5.14. The van der Waals surface area contributed by atoms with Crippen molar-refractivity contribution in [2.45, 2.75) is 12.8 Å². The van der Waals surface area contributed by atoms with Crippen molar-refractivity contribution in [3.8, 4) is 5.75 Å². The molecule has 0 radical (unpaired) electrons. The third-order valence-electron chi connectivity index (χ3n) is 5.14. The topological polar surface area (TPSA) is 78.9 Å². The van der Waals surface area contributed by atoms with E-state index in [9.17, 15) is 9.59 Å². The Morgan fingerprint density at radius 1 is 1.11 bits per heavy atom. The lowest BCUT2D eigenvalue weighted by molar-refractivity contribution is -0.117. The minimum Gasteiger partial charge on any atom is -0.497 e. The Kier molecular flexibility index (Phi) is 5.10. The smallest absolute Gasteiger partial charge is 0.274 e. The molecule has 146 valence electrons. The lowest BCUT2D eigenvalue weighted by Crippen LogP contribution is -2.51. The number of benzene rings is 1. The van der Waals surface area contributed by atoms with Crippen LogP contribution in [0.4, 0.5) is 11.5 Å². The summed E-state index contributed by atoms with van der Waals surface area (Å²) in [5.41, 5.74) is 1.15. The molecule has 8 heteroatoms. The lowest BCUT2D eigenvalue weighted by Gasteiger charge is -2.35. The van der Waals surface area contributed by atoms with Crippen LogP contribution < -0.4 is 14.5 Å². The number of hydrogen-bond donors (Lipinski definition) is 0. The summed E-state index contributed by atoms with van der Waals surface area (Å²) >= 11 is 0. The molecule has 0 saturated carbocycles. The predicted octanol–water partition coefficient (Wildman–Crippen LogP) is 1.57. The second-order valence-electron chi connectivity index (χ2n) is 6.93. The highest BCUT2D eigenvalue weighted by Gasteiger charge is 2.27. The van der Waals surface area contributed by atoms with Gasteiger partial charge in [-0.25, -0.2) is 4.98 Å². The molecular weight excluding hydrogens is 358 g/mol. The molecule has 2 aliphatic heterocycles. The van der Waals surface area contributed by atoms with Gasteiger partial charge < -0.3 is 19.4 Å². The number of nitrogens with zero attached hydrogens (tertiary/aromatic N) is 5. The van der Waals surface area contributed by atoms with Crippen LogP contribution in [0.15, 0.2) is 36.7 Å². The Morgan fingerprint density at radius 3 is 2.68 bits per heavy atom. The average Bonchev–Trinajstić information content (AvgIpc) is 3.28. The summed E-state index contributed by atoms with van der Waals surface area (Å²) in [5, 5.41) is 0. The maximum Gasteiger partial charge on any atom is 0.274 e. The van der Waals surface area contributed by atoms with Crippen LogP contribution in [-0.2, 0) is 4.79 Å². The maximum atomic E-state index is 12.7. The van der Waals surface area contributed by atoms with Crippen LogP contribution in [0.1, 0.15) is 23.3 Å². The zero-order chi connectivity index (χ0) is 19.5. The van der Waals surface area contributed by atoms with Gasteiger partial charge in [-0.2, -0.15) is 0 Å². The van der Waals surface area contributed by atoms with Gasteiger partial charge in [0, 0.05) is 37.9 Å². The summed E-state index contributed by atoms with van der Waals surface area (Å²) < 4.78 is 5.25. The Labute approximate surface area is 163 Å². The minimum atomic E-state index is -0.0896. The normalized spacial score (nSPS) is 17.2. The highest BCUT2D eigenvalue weighted by molar-refractivity contribution is 5.98. The molecule has 0 unspecified atom stereocenters. The molecule has 0 atom stereocenters. The van der Waals surface area contributed by atoms with Gasteiger partial charge in [0.15, 0.2) is 0 Å². The van der Waals surface area contributed by atoms with Crippen LogP contribution in [0.25, 0.3) is 0 Å². The van der Waals surface area contributed by atoms with Crippen molar-refractivity contribution in [3.05, 3.63) is 42.4 Å². The van der Waals surface area contributed by atoms with Crippen molar-refractivity contribution in [3.63, 3.8) is 0 Å². The summed E-state index contributed by atoms with van der Waals surface area (Å²) in [5.74, 6) is 1.15. The van der Waals surface area contributed by atoms with Gasteiger partial charge in [-0.3, -0.25) is 14.6 Å². The minimum absolute atomic E-state index is 0.0300. The lowest BCUT2D eigenvalue weighted by atomic mass is 10.2. The Morgan fingerprint density at radius 2 is 1.93 bits per heavy atom. The second kappa shape index (κ2) is 7.84.